The van der Waals surface area contributed by atoms with Crippen LogP contribution in [0.4, 0.5) is 18.9 Å². The van der Waals surface area contributed by atoms with Gasteiger partial charge < -0.3 is 29.7 Å². The molecule has 9 nitrogen and oxygen atoms in total. The zero-order valence-electron chi connectivity index (χ0n) is 26.3. The van der Waals surface area contributed by atoms with Crippen LogP contribution in [0.1, 0.15) is 73.6 Å². The van der Waals surface area contributed by atoms with Crippen LogP contribution in [0.15, 0.2) is 48.5 Å². The van der Waals surface area contributed by atoms with Crippen LogP contribution in [0.3, 0.4) is 0 Å². The molecule has 12 heteroatoms. The number of nitrogens with zero attached hydrogens (tertiary/aromatic N) is 2. The SMILES string of the molecule is C[C@H](CO)N1C[C@H](C)[C@H](CN(C)C(=O)CCC(F)(F)F)OCCCC[C@H](C)Oc2ccc(NC(=O)c3ccccc3)cc2C1=O. The Balaban J connectivity index is 1.91. The molecule has 1 aliphatic rings. The summed E-state index contributed by atoms with van der Waals surface area (Å²) in [6.45, 7) is 5.61. The molecule has 0 saturated carbocycles. The number of nitrogens with one attached hydrogen (secondary N) is 1. The summed E-state index contributed by atoms with van der Waals surface area (Å²) >= 11 is 0. The van der Waals surface area contributed by atoms with Gasteiger partial charge in [0.2, 0.25) is 5.91 Å². The number of aliphatic hydroxyl groups excluding tert-OH is 1. The maximum atomic E-state index is 14.2. The smallest absolute Gasteiger partial charge is 0.389 e. The van der Waals surface area contributed by atoms with Gasteiger partial charge in [0, 0.05) is 50.3 Å². The fourth-order valence-electron chi connectivity index (χ4n) is 5.07. The highest BCUT2D eigenvalue weighted by Gasteiger charge is 2.32. The van der Waals surface area contributed by atoms with Crippen LogP contribution in [-0.4, -0.2) is 90.4 Å². The van der Waals surface area contributed by atoms with E-state index in [1.807, 2.05) is 13.8 Å². The summed E-state index contributed by atoms with van der Waals surface area (Å²) in [7, 11) is 1.44. The van der Waals surface area contributed by atoms with E-state index in [1.165, 1.54) is 16.8 Å². The van der Waals surface area contributed by atoms with Crippen LogP contribution in [0.25, 0.3) is 0 Å². The third kappa shape index (κ3) is 11.0. The number of rotatable bonds is 8. The zero-order valence-corrected chi connectivity index (χ0v) is 26.3. The van der Waals surface area contributed by atoms with Crippen LogP contribution >= 0.6 is 0 Å². The first-order valence-electron chi connectivity index (χ1n) is 15.3. The van der Waals surface area contributed by atoms with Crippen molar-refractivity contribution in [2.75, 3.05) is 38.7 Å². The van der Waals surface area contributed by atoms with Gasteiger partial charge in [-0.3, -0.25) is 14.4 Å². The van der Waals surface area contributed by atoms with Gasteiger partial charge in [0.25, 0.3) is 11.8 Å². The van der Waals surface area contributed by atoms with Crippen LogP contribution < -0.4 is 10.1 Å². The van der Waals surface area contributed by atoms with Crippen molar-refractivity contribution in [2.24, 2.45) is 5.92 Å². The number of halogens is 3. The van der Waals surface area contributed by atoms with Crippen molar-refractivity contribution in [2.45, 2.75) is 77.3 Å². The van der Waals surface area contributed by atoms with Gasteiger partial charge in [0.1, 0.15) is 5.75 Å². The van der Waals surface area contributed by atoms with Gasteiger partial charge in [0.05, 0.1) is 36.8 Å². The summed E-state index contributed by atoms with van der Waals surface area (Å²) in [5.41, 5.74) is 1.04. The number of carbonyl (C=O) groups excluding carboxylic acids is 3. The molecule has 0 unspecified atom stereocenters. The molecule has 0 radical (unpaired) electrons. The number of alkyl halides is 3. The van der Waals surface area contributed by atoms with E-state index in [0.29, 0.717) is 36.4 Å². The molecule has 0 bridgehead atoms. The topological polar surface area (TPSA) is 108 Å². The van der Waals surface area contributed by atoms with Crippen LogP contribution in [-0.2, 0) is 9.53 Å². The number of hydrogen-bond donors (Lipinski definition) is 2. The fourth-order valence-corrected chi connectivity index (χ4v) is 5.07. The second-order valence-corrected chi connectivity index (χ2v) is 11.7. The first-order chi connectivity index (χ1) is 21.3. The number of carbonyl (C=O) groups is 3. The number of fused-ring (bicyclic) bond motifs is 1. The van der Waals surface area contributed by atoms with E-state index in [1.54, 1.807) is 55.5 Å². The molecular weight excluding hydrogens is 591 g/mol. The second-order valence-electron chi connectivity index (χ2n) is 11.7. The van der Waals surface area contributed by atoms with Gasteiger partial charge in [-0.15, -0.1) is 0 Å². The number of likely N-dealkylation sites (N-methyl/N-ethyl adjacent to an activating group) is 1. The van der Waals surface area contributed by atoms with Gasteiger partial charge in [0.15, 0.2) is 0 Å². The first kappa shape index (κ1) is 35.8. The molecule has 2 aromatic carbocycles. The van der Waals surface area contributed by atoms with Crippen molar-refractivity contribution in [1.29, 1.82) is 0 Å². The number of benzene rings is 2. The lowest BCUT2D eigenvalue weighted by atomic mass is 10.0. The maximum absolute atomic E-state index is 14.2. The molecule has 45 heavy (non-hydrogen) atoms. The van der Waals surface area contributed by atoms with E-state index in [4.69, 9.17) is 9.47 Å². The molecule has 0 fully saturated rings. The lowest BCUT2D eigenvalue weighted by molar-refractivity contribution is -0.149. The predicted octanol–water partition coefficient (Wildman–Crippen LogP) is 5.54. The largest absolute Gasteiger partial charge is 0.490 e. The third-order valence-electron chi connectivity index (χ3n) is 7.85. The van der Waals surface area contributed by atoms with Crippen molar-refractivity contribution < 1.29 is 42.1 Å². The second kappa shape index (κ2) is 16.6. The molecule has 1 aliphatic heterocycles. The van der Waals surface area contributed by atoms with E-state index in [-0.39, 0.29) is 43.2 Å². The highest BCUT2D eigenvalue weighted by atomic mass is 19.4. The highest BCUT2D eigenvalue weighted by molar-refractivity contribution is 6.05. The summed E-state index contributed by atoms with van der Waals surface area (Å²) in [5.74, 6) is -1.46. The Morgan fingerprint density at radius 1 is 1.13 bits per heavy atom. The minimum atomic E-state index is -4.44. The summed E-state index contributed by atoms with van der Waals surface area (Å²) in [4.78, 5) is 42.3. The minimum absolute atomic E-state index is 0.0408. The normalized spacial score (nSPS) is 20.8. The molecule has 2 aromatic rings. The van der Waals surface area contributed by atoms with Crippen molar-refractivity contribution in [3.05, 3.63) is 59.7 Å². The molecule has 0 saturated heterocycles. The summed E-state index contributed by atoms with van der Waals surface area (Å²) in [6.07, 6.45) is -5.03. The standard InChI is InChI=1S/C33H44F3N3O6/c1-22-19-39(23(2)21-40)32(43)27-18-26(37-31(42)25-11-6-5-7-12-25)13-14-28(27)45-24(3)10-8-9-17-44-29(22)20-38(4)30(41)15-16-33(34,35)36/h5-7,11-14,18,22-24,29,40H,8-10,15-17,19-21H2,1-4H3,(H,37,42)/t22-,23+,24-,29-/m0/s1. The van der Waals surface area contributed by atoms with Crippen LogP contribution in [0, 0.1) is 5.92 Å². The molecule has 0 aliphatic carbocycles. The predicted molar refractivity (Wildman–Crippen MR) is 164 cm³/mol. The third-order valence-corrected chi connectivity index (χ3v) is 7.85. The Morgan fingerprint density at radius 3 is 2.51 bits per heavy atom. The van der Waals surface area contributed by atoms with Crippen molar-refractivity contribution in [1.82, 2.24) is 9.80 Å². The van der Waals surface area contributed by atoms with Gasteiger partial charge in [-0.1, -0.05) is 25.1 Å². The summed E-state index contributed by atoms with van der Waals surface area (Å²) in [5, 5.41) is 12.9. The molecule has 3 rings (SSSR count). The molecule has 3 amide bonds. The Labute approximate surface area is 262 Å². The zero-order chi connectivity index (χ0) is 33.1. The van der Waals surface area contributed by atoms with Gasteiger partial charge >= 0.3 is 6.18 Å². The highest BCUT2D eigenvalue weighted by Crippen LogP contribution is 2.29. The molecule has 0 spiro atoms. The van der Waals surface area contributed by atoms with Crippen molar-refractivity contribution in [3.63, 3.8) is 0 Å². The number of amides is 3. The Morgan fingerprint density at radius 2 is 1.84 bits per heavy atom. The maximum Gasteiger partial charge on any atom is 0.389 e. The van der Waals surface area contributed by atoms with E-state index in [2.05, 4.69) is 5.32 Å². The molecule has 1 heterocycles. The average molecular weight is 636 g/mol. The van der Waals surface area contributed by atoms with Gasteiger partial charge in [-0.05, 0) is 63.4 Å². The average Bonchev–Trinajstić information content (AvgIpc) is 3.01. The van der Waals surface area contributed by atoms with E-state index in [9.17, 15) is 32.7 Å². The molecule has 2 N–H and O–H groups in total. The van der Waals surface area contributed by atoms with Crippen molar-refractivity contribution >= 4 is 23.4 Å². The lowest BCUT2D eigenvalue weighted by Gasteiger charge is -2.36. The van der Waals surface area contributed by atoms with Crippen molar-refractivity contribution in [3.8, 4) is 5.75 Å². The summed E-state index contributed by atoms with van der Waals surface area (Å²) < 4.78 is 50.5. The number of aliphatic hydroxyl groups is 1. The van der Waals surface area contributed by atoms with E-state index in [0.717, 1.165) is 6.42 Å². The number of anilines is 1. The van der Waals surface area contributed by atoms with Crippen LogP contribution in [0.2, 0.25) is 0 Å². The molecular formula is C33H44F3N3O6. The monoisotopic (exact) mass is 635 g/mol. The Hall–Kier alpha value is -3.64. The van der Waals surface area contributed by atoms with Gasteiger partial charge in [-0.25, -0.2) is 0 Å². The quantitative estimate of drug-likeness (QED) is 0.395. The Bertz CT molecular complexity index is 1280. The van der Waals surface area contributed by atoms with Gasteiger partial charge in [-0.2, -0.15) is 13.2 Å². The fraction of sp³-hybridized carbons (Fsp3) is 0.545. The number of ether oxygens (including phenoxy) is 2. The number of hydrogen-bond acceptors (Lipinski definition) is 6. The molecule has 4 atom stereocenters. The molecule has 248 valence electrons. The molecule has 0 aromatic heterocycles. The van der Waals surface area contributed by atoms with E-state index < -0.39 is 43.0 Å². The van der Waals surface area contributed by atoms with E-state index >= 15 is 0 Å². The Kier molecular flexibility index (Phi) is 13.2. The lowest BCUT2D eigenvalue weighted by Crippen LogP contribution is -2.48. The minimum Gasteiger partial charge on any atom is -0.490 e. The van der Waals surface area contributed by atoms with Crippen LogP contribution in [0.5, 0.6) is 5.75 Å². The summed E-state index contributed by atoms with van der Waals surface area (Å²) in [6, 6.07) is 12.9. The first-order valence-corrected chi connectivity index (χ1v) is 15.3.